The predicted octanol–water partition coefficient (Wildman–Crippen LogP) is 2.72. The third-order valence-electron chi connectivity index (χ3n) is 3.28. The zero-order valence-corrected chi connectivity index (χ0v) is 10.8. The number of aliphatic hydroxyl groups is 1. The van der Waals surface area contributed by atoms with Crippen LogP contribution in [-0.2, 0) is 6.54 Å². The van der Waals surface area contributed by atoms with E-state index in [4.69, 9.17) is 0 Å². The largest absolute Gasteiger partial charge is 0.478 e. The highest BCUT2D eigenvalue weighted by molar-refractivity contribution is 6.04. The summed E-state index contributed by atoms with van der Waals surface area (Å²) in [6.45, 7) is 6.11. The van der Waals surface area contributed by atoms with Crippen LogP contribution in [0.1, 0.15) is 41.4 Å². The molecule has 96 valence electrons. The molecule has 1 atom stereocenters. The summed E-state index contributed by atoms with van der Waals surface area (Å²) in [4.78, 5) is 11.4. The molecule has 4 nitrogen and oxygen atoms in total. The molecule has 1 heterocycles. The van der Waals surface area contributed by atoms with Gasteiger partial charge in [-0.15, -0.1) is 0 Å². The van der Waals surface area contributed by atoms with Crippen molar-refractivity contribution < 1.29 is 15.0 Å². The number of hydrogen-bond donors (Lipinski definition) is 2. The van der Waals surface area contributed by atoms with Crippen molar-refractivity contribution >= 4 is 16.9 Å². The summed E-state index contributed by atoms with van der Waals surface area (Å²) in [6.07, 6.45) is 1.23. The molecule has 2 rings (SSSR count). The van der Waals surface area contributed by atoms with Gasteiger partial charge in [-0.25, -0.2) is 4.79 Å². The molecule has 18 heavy (non-hydrogen) atoms. The van der Waals surface area contributed by atoms with Crippen molar-refractivity contribution in [1.82, 2.24) is 4.57 Å². The summed E-state index contributed by atoms with van der Waals surface area (Å²) in [5.74, 6) is -0.928. The number of hydrogen-bond acceptors (Lipinski definition) is 2. The number of aromatic nitrogens is 1. The zero-order chi connectivity index (χ0) is 13.4. The van der Waals surface area contributed by atoms with Crippen LogP contribution in [-0.4, -0.2) is 20.7 Å². The van der Waals surface area contributed by atoms with Gasteiger partial charge in [0.25, 0.3) is 0 Å². The van der Waals surface area contributed by atoms with E-state index in [1.54, 1.807) is 19.9 Å². The van der Waals surface area contributed by atoms with Crippen molar-refractivity contribution in [3.05, 3.63) is 35.0 Å². The number of aromatic carboxylic acids is 1. The fraction of sp³-hybridized carbons (Fsp3) is 0.357. The van der Waals surface area contributed by atoms with Gasteiger partial charge in [0.2, 0.25) is 0 Å². The average Bonchev–Trinajstić information content (AvgIpc) is 2.66. The van der Waals surface area contributed by atoms with Crippen LogP contribution in [0.25, 0.3) is 10.9 Å². The van der Waals surface area contributed by atoms with Crippen molar-refractivity contribution in [2.45, 2.75) is 33.4 Å². The smallest absolute Gasteiger partial charge is 0.338 e. The van der Waals surface area contributed by atoms with Crippen molar-refractivity contribution in [3.8, 4) is 0 Å². The van der Waals surface area contributed by atoms with Crippen molar-refractivity contribution in [3.63, 3.8) is 0 Å². The average molecular weight is 247 g/mol. The van der Waals surface area contributed by atoms with Gasteiger partial charge in [0, 0.05) is 23.7 Å². The second-order valence-corrected chi connectivity index (χ2v) is 4.51. The van der Waals surface area contributed by atoms with E-state index in [9.17, 15) is 15.0 Å². The molecule has 1 aromatic carbocycles. The molecular formula is C14H17NO3. The number of aliphatic hydroxyl groups excluding tert-OH is 1. The normalized spacial score (nSPS) is 12.9. The van der Waals surface area contributed by atoms with Crippen LogP contribution in [0.3, 0.4) is 0 Å². The highest BCUT2D eigenvalue weighted by Gasteiger charge is 2.19. The Labute approximate surface area is 105 Å². The molecular weight excluding hydrogens is 230 g/mol. The number of fused-ring (bicyclic) bond motifs is 1. The Morgan fingerprint density at radius 3 is 2.61 bits per heavy atom. The van der Waals surface area contributed by atoms with Gasteiger partial charge in [0.1, 0.15) is 0 Å². The summed E-state index contributed by atoms with van der Waals surface area (Å²) in [5.41, 5.74) is 2.52. The number of carboxylic acids is 1. The lowest BCUT2D eigenvalue weighted by Gasteiger charge is -2.07. The monoisotopic (exact) mass is 247 g/mol. The number of carboxylic acid groups (broad SMARTS) is 1. The van der Waals surface area contributed by atoms with E-state index < -0.39 is 12.1 Å². The molecule has 1 unspecified atom stereocenters. The lowest BCUT2D eigenvalue weighted by Crippen LogP contribution is -2.04. The molecule has 0 aliphatic rings. The molecule has 2 N–H and O–H groups in total. The SMILES string of the molecule is CCn1cc(C(C)O)c2ccc(C)c(C(=O)O)c21. The van der Waals surface area contributed by atoms with E-state index in [2.05, 4.69) is 0 Å². The van der Waals surface area contributed by atoms with E-state index >= 15 is 0 Å². The van der Waals surface area contributed by atoms with E-state index in [1.807, 2.05) is 23.8 Å². The topological polar surface area (TPSA) is 62.5 Å². The molecule has 0 fully saturated rings. The summed E-state index contributed by atoms with van der Waals surface area (Å²) < 4.78 is 1.88. The first kappa shape index (κ1) is 12.6. The van der Waals surface area contributed by atoms with E-state index in [1.165, 1.54) is 0 Å². The van der Waals surface area contributed by atoms with Gasteiger partial charge in [-0.05, 0) is 26.3 Å². The third kappa shape index (κ3) is 1.78. The van der Waals surface area contributed by atoms with Crippen LogP contribution in [0.5, 0.6) is 0 Å². The van der Waals surface area contributed by atoms with Crippen molar-refractivity contribution in [1.29, 1.82) is 0 Å². The Balaban J connectivity index is 2.91. The molecule has 1 aromatic heterocycles. The van der Waals surface area contributed by atoms with Crippen LogP contribution in [0.4, 0.5) is 0 Å². The Morgan fingerprint density at radius 2 is 2.11 bits per heavy atom. The molecule has 0 radical (unpaired) electrons. The second kappa shape index (κ2) is 4.46. The Bertz CT molecular complexity index is 611. The quantitative estimate of drug-likeness (QED) is 0.876. The minimum atomic E-state index is -0.928. The Hall–Kier alpha value is -1.81. The Morgan fingerprint density at radius 1 is 1.44 bits per heavy atom. The number of carbonyl (C=O) groups is 1. The number of rotatable bonds is 3. The molecule has 0 amide bonds. The van der Waals surface area contributed by atoms with Gasteiger partial charge < -0.3 is 14.8 Å². The van der Waals surface area contributed by atoms with Crippen molar-refractivity contribution in [2.75, 3.05) is 0 Å². The highest BCUT2D eigenvalue weighted by Crippen LogP contribution is 2.30. The molecule has 0 saturated carbocycles. The minimum absolute atomic E-state index is 0.321. The van der Waals surface area contributed by atoms with Gasteiger partial charge in [0.05, 0.1) is 17.2 Å². The zero-order valence-electron chi connectivity index (χ0n) is 10.8. The minimum Gasteiger partial charge on any atom is -0.478 e. The lowest BCUT2D eigenvalue weighted by atomic mass is 10.0. The second-order valence-electron chi connectivity index (χ2n) is 4.51. The molecule has 4 heteroatoms. The highest BCUT2D eigenvalue weighted by atomic mass is 16.4. The first-order valence-electron chi connectivity index (χ1n) is 6.01. The summed E-state index contributed by atoms with van der Waals surface area (Å²) >= 11 is 0. The van der Waals surface area contributed by atoms with Gasteiger partial charge in [-0.2, -0.15) is 0 Å². The number of aryl methyl sites for hydroxylation is 2. The van der Waals surface area contributed by atoms with Crippen molar-refractivity contribution in [2.24, 2.45) is 0 Å². The van der Waals surface area contributed by atoms with Crippen LogP contribution in [0.2, 0.25) is 0 Å². The summed E-state index contributed by atoms with van der Waals surface area (Å²) in [5, 5.41) is 19.9. The molecule has 0 aliphatic heterocycles. The van der Waals surface area contributed by atoms with Gasteiger partial charge in [0.15, 0.2) is 0 Å². The fourth-order valence-corrected chi connectivity index (χ4v) is 2.38. The lowest BCUT2D eigenvalue weighted by molar-refractivity contribution is 0.0698. The number of benzene rings is 1. The molecule has 0 spiro atoms. The van der Waals surface area contributed by atoms with Gasteiger partial charge >= 0.3 is 5.97 Å². The predicted molar refractivity (Wildman–Crippen MR) is 69.9 cm³/mol. The maximum absolute atomic E-state index is 11.4. The molecule has 0 bridgehead atoms. The first-order chi connectivity index (χ1) is 8.47. The van der Waals surface area contributed by atoms with Crippen LogP contribution in [0, 0.1) is 6.92 Å². The number of nitrogens with zero attached hydrogens (tertiary/aromatic N) is 1. The molecule has 2 aromatic rings. The fourth-order valence-electron chi connectivity index (χ4n) is 2.38. The van der Waals surface area contributed by atoms with E-state index in [0.717, 1.165) is 16.5 Å². The standard InChI is InChI=1S/C14H17NO3/c1-4-15-7-11(9(3)16)10-6-5-8(2)12(13(10)15)14(17)18/h5-7,9,16H,4H2,1-3H3,(H,17,18). The maximum atomic E-state index is 11.4. The maximum Gasteiger partial charge on any atom is 0.338 e. The van der Waals surface area contributed by atoms with Gasteiger partial charge in [-0.1, -0.05) is 12.1 Å². The van der Waals surface area contributed by atoms with Crippen LogP contribution < -0.4 is 0 Å². The summed E-state index contributed by atoms with van der Waals surface area (Å²) in [6, 6.07) is 3.67. The summed E-state index contributed by atoms with van der Waals surface area (Å²) in [7, 11) is 0. The molecule has 0 saturated heterocycles. The van der Waals surface area contributed by atoms with Crippen LogP contribution in [0.15, 0.2) is 18.3 Å². The van der Waals surface area contributed by atoms with E-state index in [0.29, 0.717) is 17.6 Å². The van der Waals surface area contributed by atoms with Gasteiger partial charge in [-0.3, -0.25) is 0 Å². The molecule has 0 aliphatic carbocycles. The van der Waals surface area contributed by atoms with Crippen LogP contribution >= 0.6 is 0 Å². The third-order valence-corrected chi connectivity index (χ3v) is 3.28. The Kier molecular flexibility index (Phi) is 3.13. The van der Waals surface area contributed by atoms with E-state index in [-0.39, 0.29) is 0 Å². The first-order valence-corrected chi connectivity index (χ1v) is 6.01.